The fourth-order valence-electron chi connectivity index (χ4n) is 4.69. The molecule has 0 aliphatic carbocycles. The van der Waals surface area contributed by atoms with E-state index in [1.165, 1.54) is 0 Å². The lowest BCUT2D eigenvalue weighted by Gasteiger charge is -2.35. The Morgan fingerprint density at radius 2 is 2.03 bits per heavy atom. The van der Waals surface area contributed by atoms with Crippen LogP contribution in [0.25, 0.3) is 0 Å². The highest BCUT2D eigenvalue weighted by molar-refractivity contribution is 6.30. The second-order valence-electron chi connectivity index (χ2n) is 8.42. The molecule has 29 heavy (non-hydrogen) atoms. The van der Waals surface area contributed by atoms with Gasteiger partial charge in [0.2, 0.25) is 11.8 Å². The molecular formula is C22H30ClN3O3. The topological polar surface area (TPSA) is 61.9 Å². The minimum absolute atomic E-state index is 0.0556. The number of rotatable bonds is 6. The summed E-state index contributed by atoms with van der Waals surface area (Å²) in [6, 6.07) is 8.39. The molecule has 0 spiro atoms. The Kier molecular flexibility index (Phi) is 6.73. The van der Waals surface area contributed by atoms with Gasteiger partial charge in [0, 0.05) is 56.1 Å². The molecule has 6 nitrogen and oxygen atoms in total. The second-order valence-corrected chi connectivity index (χ2v) is 8.86. The van der Waals surface area contributed by atoms with Crippen molar-refractivity contribution in [2.45, 2.75) is 56.7 Å². The zero-order chi connectivity index (χ0) is 20.2. The van der Waals surface area contributed by atoms with Gasteiger partial charge in [0.05, 0.1) is 12.7 Å². The van der Waals surface area contributed by atoms with Gasteiger partial charge in [-0.1, -0.05) is 23.7 Å². The summed E-state index contributed by atoms with van der Waals surface area (Å²) in [5.41, 5.74) is 1.15. The zero-order valence-corrected chi connectivity index (χ0v) is 17.6. The summed E-state index contributed by atoms with van der Waals surface area (Å²) < 4.78 is 6.08. The Labute approximate surface area is 177 Å². The van der Waals surface area contributed by atoms with E-state index in [2.05, 4.69) is 10.2 Å². The Bertz CT molecular complexity index is 727. The molecule has 3 fully saturated rings. The zero-order valence-electron chi connectivity index (χ0n) is 16.8. The molecule has 3 heterocycles. The molecular weight excluding hydrogens is 390 g/mol. The van der Waals surface area contributed by atoms with Crippen LogP contribution in [0.2, 0.25) is 5.02 Å². The number of piperidine rings is 1. The summed E-state index contributed by atoms with van der Waals surface area (Å²) in [6.07, 6.45) is 4.94. The van der Waals surface area contributed by atoms with Crippen LogP contribution in [0.5, 0.6) is 0 Å². The molecule has 1 N–H and O–H groups in total. The number of nitrogens with one attached hydrogen (secondary N) is 1. The Balaban J connectivity index is 1.20. The highest BCUT2D eigenvalue weighted by atomic mass is 35.5. The first-order chi connectivity index (χ1) is 14.1. The van der Waals surface area contributed by atoms with Gasteiger partial charge in [-0.15, -0.1) is 0 Å². The summed E-state index contributed by atoms with van der Waals surface area (Å²) in [5, 5.41) is 3.92. The average Bonchev–Trinajstić information content (AvgIpc) is 3.11. The van der Waals surface area contributed by atoms with E-state index >= 15 is 0 Å². The number of halogens is 1. The summed E-state index contributed by atoms with van der Waals surface area (Å²) in [7, 11) is 0. The van der Waals surface area contributed by atoms with Crippen LogP contribution >= 0.6 is 11.6 Å². The fourth-order valence-corrected chi connectivity index (χ4v) is 4.81. The normalized spacial score (nSPS) is 27.7. The Morgan fingerprint density at radius 1 is 1.21 bits per heavy atom. The van der Waals surface area contributed by atoms with E-state index in [1.54, 1.807) is 0 Å². The highest BCUT2D eigenvalue weighted by Gasteiger charge is 2.38. The van der Waals surface area contributed by atoms with Crippen molar-refractivity contribution in [2.75, 3.05) is 32.8 Å². The van der Waals surface area contributed by atoms with Crippen molar-refractivity contribution >= 4 is 23.4 Å². The van der Waals surface area contributed by atoms with Gasteiger partial charge < -0.3 is 15.0 Å². The lowest BCUT2D eigenvalue weighted by atomic mass is 10.1. The molecule has 158 valence electrons. The van der Waals surface area contributed by atoms with E-state index in [1.807, 2.05) is 29.2 Å². The molecule has 0 bridgehead atoms. The molecule has 3 aliphatic rings. The molecule has 0 saturated carbocycles. The van der Waals surface area contributed by atoms with E-state index in [0.717, 1.165) is 55.9 Å². The predicted molar refractivity (Wildman–Crippen MR) is 112 cm³/mol. The van der Waals surface area contributed by atoms with Crippen LogP contribution in [0.3, 0.4) is 0 Å². The van der Waals surface area contributed by atoms with Crippen molar-refractivity contribution in [1.29, 1.82) is 0 Å². The van der Waals surface area contributed by atoms with Crippen molar-refractivity contribution in [2.24, 2.45) is 0 Å². The number of benzene rings is 1. The number of likely N-dealkylation sites (tertiary alicyclic amines) is 1. The lowest BCUT2D eigenvalue weighted by molar-refractivity contribution is -0.133. The van der Waals surface area contributed by atoms with Crippen LogP contribution in [0, 0.1) is 0 Å². The minimum atomic E-state index is 0.0556. The largest absolute Gasteiger partial charge is 0.371 e. The third-order valence-corrected chi connectivity index (χ3v) is 6.53. The summed E-state index contributed by atoms with van der Waals surface area (Å²) >= 11 is 5.98. The molecule has 2 amide bonds. The lowest BCUT2D eigenvalue weighted by Crippen LogP contribution is -2.43. The van der Waals surface area contributed by atoms with Gasteiger partial charge in [-0.3, -0.25) is 14.5 Å². The highest BCUT2D eigenvalue weighted by Crippen LogP contribution is 2.30. The third kappa shape index (κ3) is 5.30. The monoisotopic (exact) mass is 419 g/mol. The minimum Gasteiger partial charge on any atom is -0.371 e. The van der Waals surface area contributed by atoms with Gasteiger partial charge >= 0.3 is 0 Å². The molecule has 7 heteroatoms. The SMILES string of the molecule is O=C(CCCN1CCCCC1=O)N[C@H]1C[C@H]2CO[C@@H](c3ccc(Cl)cc3)CN2C1. The fraction of sp³-hybridized carbons (Fsp3) is 0.636. The van der Waals surface area contributed by atoms with E-state index in [4.69, 9.17) is 16.3 Å². The third-order valence-electron chi connectivity index (χ3n) is 6.28. The van der Waals surface area contributed by atoms with Gasteiger partial charge in [0.25, 0.3) is 0 Å². The van der Waals surface area contributed by atoms with E-state index < -0.39 is 0 Å². The molecule has 1 aromatic rings. The van der Waals surface area contributed by atoms with Crippen molar-refractivity contribution in [3.8, 4) is 0 Å². The first kappa shape index (κ1) is 20.6. The summed E-state index contributed by atoms with van der Waals surface area (Å²) in [4.78, 5) is 28.5. The van der Waals surface area contributed by atoms with Crippen LogP contribution in [0.1, 0.15) is 50.2 Å². The molecule has 3 atom stereocenters. The number of carbonyl (C=O) groups excluding carboxylic acids is 2. The number of fused-ring (bicyclic) bond motifs is 1. The van der Waals surface area contributed by atoms with E-state index in [0.29, 0.717) is 32.0 Å². The van der Waals surface area contributed by atoms with Crippen LogP contribution < -0.4 is 5.32 Å². The number of morpholine rings is 1. The van der Waals surface area contributed by atoms with Crippen molar-refractivity contribution in [3.63, 3.8) is 0 Å². The molecule has 0 aromatic heterocycles. The Morgan fingerprint density at radius 3 is 2.83 bits per heavy atom. The quantitative estimate of drug-likeness (QED) is 0.770. The van der Waals surface area contributed by atoms with Crippen molar-refractivity contribution in [1.82, 2.24) is 15.1 Å². The standard InChI is InChI=1S/C22H30ClN3O3/c23-17-8-6-16(7-9-17)20-14-26-13-18(12-19(26)15-29-20)24-21(27)4-3-11-25-10-2-1-5-22(25)28/h6-9,18-20H,1-5,10-15H2,(H,24,27)/t18-,19-,20+/m0/s1. The maximum atomic E-state index is 12.4. The predicted octanol–water partition coefficient (Wildman–Crippen LogP) is 2.76. The number of carbonyl (C=O) groups is 2. The van der Waals surface area contributed by atoms with Crippen LogP contribution in [-0.4, -0.2) is 66.5 Å². The average molecular weight is 420 g/mol. The van der Waals surface area contributed by atoms with Gasteiger partial charge in [-0.05, 0) is 43.4 Å². The molecule has 0 radical (unpaired) electrons. The first-order valence-electron chi connectivity index (χ1n) is 10.8. The van der Waals surface area contributed by atoms with Crippen LogP contribution in [0.15, 0.2) is 24.3 Å². The molecule has 1 aromatic carbocycles. The number of ether oxygens (including phenoxy) is 1. The van der Waals surface area contributed by atoms with Crippen molar-refractivity contribution < 1.29 is 14.3 Å². The Hall–Kier alpha value is -1.63. The number of hydrogen-bond acceptors (Lipinski definition) is 4. The molecule has 4 rings (SSSR count). The van der Waals surface area contributed by atoms with Crippen molar-refractivity contribution in [3.05, 3.63) is 34.9 Å². The number of hydrogen-bond donors (Lipinski definition) is 1. The van der Waals surface area contributed by atoms with Crippen LogP contribution in [-0.2, 0) is 14.3 Å². The smallest absolute Gasteiger partial charge is 0.222 e. The van der Waals surface area contributed by atoms with Gasteiger partial charge in [0.15, 0.2) is 0 Å². The van der Waals surface area contributed by atoms with Crippen LogP contribution in [0.4, 0.5) is 0 Å². The first-order valence-corrected chi connectivity index (χ1v) is 11.1. The molecule has 3 aliphatic heterocycles. The molecule has 3 saturated heterocycles. The number of amides is 2. The maximum Gasteiger partial charge on any atom is 0.222 e. The van der Waals surface area contributed by atoms with Gasteiger partial charge in [0.1, 0.15) is 0 Å². The van der Waals surface area contributed by atoms with E-state index in [-0.39, 0.29) is 24.0 Å². The maximum absolute atomic E-state index is 12.4. The van der Waals surface area contributed by atoms with Gasteiger partial charge in [-0.25, -0.2) is 0 Å². The van der Waals surface area contributed by atoms with Gasteiger partial charge in [-0.2, -0.15) is 0 Å². The molecule has 0 unspecified atom stereocenters. The van der Waals surface area contributed by atoms with E-state index in [9.17, 15) is 9.59 Å². The summed E-state index contributed by atoms with van der Waals surface area (Å²) in [5.74, 6) is 0.328. The second kappa shape index (κ2) is 9.45. The summed E-state index contributed by atoms with van der Waals surface area (Å²) in [6.45, 7) is 3.94. The number of nitrogens with zero attached hydrogens (tertiary/aromatic N) is 2.